The summed E-state index contributed by atoms with van der Waals surface area (Å²) in [5.74, 6) is 1.24. The van der Waals surface area contributed by atoms with Gasteiger partial charge in [-0.1, -0.05) is 28.1 Å². The number of hydrogen-bond donors (Lipinski definition) is 2. The van der Waals surface area contributed by atoms with Gasteiger partial charge in [0.1, 0.15) is 17.4 Å². The largest absolute Gasteiger partial charge is 0.507 e. The van der Waals surface area contributed by atoms with Gasteiger partial charge in [-0.15, -0.1) is 0 Å². The molecule has 0 amide bonds. The van der Waals surface area contributed by atoms with Crippen LogP contribution in [0.2, 0.25) is 0 Å². The van der Waals surface area contributed by atoms with E-state index in [-0.39, 0.29) is 17.2 Å². The summed E-state index contributed by atoms with van der Waals surface area (Å²) in [6.45, 7) is 0. The van der Waals surface area contributed by atoms with E-state index in [0.29, 0.717) is 23.1 Å². The van der Waals surface area contributed by atoms with Crippen LogP contribution in [0.15, 0.2) is 45.7 Å². The number of aromatic hydroxyl groups is 1. The van der Waals surface area contributed by atoms with E-state index in [1.54, 1.807) is 18.2 Å². The molecule has 0 saturated heterocycles. The van der Waals surface area contributed by atoms with Crippen LogP contribution in [0, 0.1) is 23.2 Å². The number of H-pyrrole nitrogens is 1. The van der Waals surface area contributed by atoms with Gasteiger partial charge in [0.25, 0.3) is 5.56 Å². The predicted molar refractivity (Wildman–Crippen MR) is 94.7 cm³/mol. The highest BCUT2D eigenvalue weighted by atomic mass is 79.9. The molecule has 1 heterocycles. The molecule has 4 nitrogen and oxygen atoms in total. The molecular weight excluding hydrogens is 368 g/mol. The van der Waals surface area contributed by atoms with Crippen molar-refractivity contribution in [2.75, 3.05) is 0 Å². The number of benzene rings is 1. The molecule has 2 aromatic rings. The van der Waals surface area contributed by atoms with Gasteiger partial charge in [-0.25, -0.2) is 0 Å². The van der Waals surface area contributed by atoms with Crippen molar-refractivity contribution in [3.8, 4) is 23.1 Å². The van der Waals surface area contributed by atoms with Gasteiger partial charge in [0.2, 0.25) is 0 Å². The van der Waals surface area contributed by atoms with Crippen molar-refractivity contribution in [1.82, 2.24) is 4.98 Å². The van der Waals surface area contributed by atoms with Gasteiger partial charge in [0.05, 0.1) is 5.69 Å². The minimum atomic E-state index is -0.392. The maximum absolute atomic E-state index is 12.4. The van der Waals surface area contributed by atoms with Gasteiger partial charge in [-0.2, -0.15) is 5.26 Å². The van der Waals surface area contributed by atoms with E-state index in [9.17, 15) is 15.2 Å². The van der Waals surface area contributed by atoms with Crippen molar-refractivity contribution in [3.63, 3.8) is 0 Å². The predicted octanol–water partition coefficient (Wildman–Crippen LogP) is 4.06. The van der Waals surface area contributed by atoms with Crippen LogP contribution in [-0.2, 0) is 0 Å². The number of allylic oxidation sites excluding steroid dienone is 2. The summed E-state index contributed by atoms with van der Waals surface area (Å²) >= 11 is 3.39. The minimum Gasteiger partial charge on any atom is -0.507 e. The molecule has 1 saturated carbocycles. The molecule has 2 aliphatic carbocycles. The molecule has 3 unspecified atom stereocenters. The number of pyridine rings is 1. The Bertz CT molecular complexity index is 955. The van der Waals surface area contributed by atoms with Crippen LogP contribution in [0.1, 0.15) is 29.9 Å². The van der Waals surface area contributed by atoms with Gasteiger partial charge >= 0.3 is 0 Å². The van der Waals surface area contributed by atoms with E-state index in [1.807, 2.05) is 6.07 Å². The molecule has 3 atom stereocenters. The topological polar surface area (TPSA) is 76.9 Å². The van der Waals surface area contributed by atoms with Crippen molar-refractivity contribution >= 4 is 15.9 Å². The first-order chi connectivity index (χ1) is 11.6. The lowest BCUT2D eigenvalue weighted by molar-refractivity contribution is 0.477. The van der Waals surface area contributed by atoms with Gasteiger partial charge in [0.15, 0.2) is 0 Å². The zero-order valence-corrected chi connectivity index (χ0v) is 14.4. The Morgan fingerprint density at radius 3 is 2.75 bits per heavy atom. The zero-order valence-electron chi connectivity index (χ0n) is 12.8. The second-order valence-electron chi connectivity index (χ2n) is 6.50. The Balaban J connectivity index is 1.89. The molecule has 2 N–H and O–H groups in total. The average Bonchev–Trinajstić information content (AvgIpc) is 3.19. The summed E-state index contributed by atoms with van der Waals surface area (Å²) in [6, 6.07) is 9.01. The summed E-state index contributed by atoms with van der Waals surface area (Å²) in [5, 5.41) is 19.6. The minimum absolute atomic E-state index is 0.0948. The number of rotatable bonds is 2. The van der Waals surface area contributed by atoms with Gasteiger partial charge < -0.3 is 10.1 Å². The first-order valence-electron chi connectivity index (χ1n) is 7.91. The van der Waals surface area contributed by atoms with E-state index in [2.05, 4.69) is 39.1 Å². The highest BCUT2D eigenvalue weighted by Crippen LogP contribution is 2.49. The number of aromatic nitrogens is 1. The Kier molecular flexibility index (Phi) is 3.58. The lowest BCUT2D eigenvalue weighted by Gasteiger charge is -2.20. The van der Waals surface area contributed by atoms with E-state index in [4.69, 9.17) is 0 Å². The highest BCUT2D eigenvalue weighted by molar-refractivity contribution is 9.10. The van der Waals surface area contributed by atoms with E-state index < -0.39 is 5.56 Å². The molecule has 5 heteroatoms. The smallest absolute Gasteiger partial charge is 0.266 e. The lowest BCUT2D eigenvalue weighted by Crippen LogP contribution is -2.18. The monoisotopic (exact) mass is 382 g/mol. The molecule has 2 bridgehead atoms. The molecule has 24 heavy (non-hydrogen) atoms. The molecular formula is C19H15BrN2O2. The molecule has 1 aromatic carbocycles. The first kappa shape index (κ1) is 15.2. The molecule has 1 aromatic heterocycles. The zero-order chi connectivity index (χ0) is 16.8. The van der Waals surface area contributed by atoms with Gasteiger partial charge in [0, 0.05) is 10.0 Å². The van der Waals surface area contributed by atoms with E-state index >= 15 is 0 Å². The third-order valence-electron chi connectivity index (χ3n) is 5.10. The third kappa shape index (κ3) is 2.38. The fraction of sp³-hybridized carbons (Fsp3) is 0.263. The Morgan fingerprint density at radius 1 is 1.25 bits per heavy atom. The number of fused-ring (bicyclic) bond motifs is 2. The first-order valence-corrected chi connectivity index (χ1v) is 8.70. The molecule has 0 spiro atoms. The number of aromatic amines is 1. The standard InChI is InChI=1S/C19H15BrN2O2/c20-12-3-4-18(23)15(7-12)17-8-14(16(9-21)19(24)22-17)13-6-10-1-2-11(13)5-10/h1-4,7-8,10-11,13,23H,5-6H2,(H,22,24). The van der Waals surface area contributed by atoms with E-state index in [0.717, 1.165) is 22.9 Å². The average molecular weight is 383 g/mol. The number of hydrogen-bond acceptors (Lipinski definition) is 3. The normalized spacial score (nSPS) is 24.2. The van der Waals surface area contributed by atoms with Crippen LogP contribution in [0.5, 0.6) is 5.75 Å². The summed E-state index contributed by atoms with van der Waals surface area (Å²) in [5.41, 5.74) is 1.69. The fourth-order valence-corrected chi connectivity index (χ4v) is 4.36. The van der Waals surface area contributed by atoms with E-state index in [1.165, 1.54) is 0 Å². The summed E-state index contributed by atoms with van der Waals surface area (Å²) < 4.78 is 0.810. The van der Waals surface area contributed by atoms with Crippen LogP contribution in [0.25, 0.3) is 11.3 Å². The molecule has 1 fully saturated rings. The van der Waals surface area contributed by atoms with Crippen LogP contribution in [0.3, 0.4) is 0 Å². The highest BCUT2D eigenvalue weighted by Gasteiger charge is 2.38. The van der Waals surface area contributed by atoms with Crippen LogP contribution in [-0.4, -0.2) is 10.1 Å². The Labute approximate surface area is 147 Å². The second kappa shape index (κ2) is 5.64. The van der Waals surface area contributed by atoms with Crippen LogP contribution >= 0.6 is 15.9 Å². The Hall–Kier alpha value is -2.32. The molecule has 0 aliphatic heterocycles. The van der Waals surface area contributed by atoms with Crippen molar-refractivity contribution < 1.29 is 5.11 Å². The van der Waals surface area contributed by atoms with Crippen molar-refractivity contribution in [1.29, 1.82) is 5.26 Å². The van der Waals surface area contributed by atoms with Crippen molar-refractivity contribution in [2.45, 2.75) is 18.8 Å². The molecule has 120 valence electrons. The Morgan fingerprint density at radius 2 is 2.08 bits per heavy atom. The number of nitriles is 1. The third-order valence-corrected chi connectivity index (χ3v) is 5.60. The lowest BCUT2D eigenvalue weighted by atomic mass is 9.84. The number of nitrogens with one attached hydrogen (secondary N) is 1. The number of nitrogens with zero attached hydrogens (tertiary/aromatic N) is 1. The molecule has 2 aliphatic rings. The number of phenolic OH excluding ortho intramolecular Hbond substituents is 1. The fourth-order valence-electron chi connectivity index (χ4n) is 3.99. The van der Waals surface area contributed by atoms with Crippen molar-refractivity contribution in [2.24, 2.45) is 11.8 Å². The van der Waals surface area contributed by atoms with Gasteiger partial charge in [-0.05, 0) is 60.4 Å². The van der Waals surface area contributed by atoms with Gasteiger partial charge in [-0.3, -0.25) is 4.79 Å². The summed E-state index contributed by atoms with van der Waals surface area (Å²) in [4.78, 5) is 15.2. The summed E-state index contributed by atoms with van der Waals surface area (Å²) in [6.07, 6.45) is 6.52. The summed E-state index contributed by atoms with van der Waals surface area (Å²) in [7, 11) is 0. The molecule has 0 radical (unpaired) electrons. The number of phenols is 1. The SMILES string of the molecule is N#Cc1c(C2CC3C=CC2C3)cc(-c2cc(Br)ccc2O)[nH]c1=O. The van der Waals surface area contributed by atoms with Crippen LogP contribution < -0.4 is 5.56 Å². The number of halogens is 1. The second-order valence-corrected chi connectivity index (χ2v) is 7.42. The van der Waals surface area contributed by atoms with Crippen LogP contribution in [0.4, 0.5) is 0 Å². The maximum atomic E-state index is 12.4. The maximum Gasteiger partial charge on any atom is 0.266 e. The molecule has 4 rings (SSSR count). The van der Waals surface area contributed by atoms with Crippen molar-refractivity contribution in [3.05, 3.63) is 62.4 Å². The quantitative estimate of drug-likeness (QED) is 0.768.